The quantitative estimate of drug-likeness (QED) is 0.759. The van der Waals surface area contributed by atoms with Crippen molar-refractivity contribution >= 4 is 11.6 Å². The number of rotatable bonds is 5. The lowest BCUT2D eigenvalue weighted by Gasteiger charge is -2.43. The molecule has 1 heterocycles. The van der Waals surface area contributed by atoms with Crippen LogP contribution in [-0.2, 0) is 4.79 Å². The molecule has 2 atom stereocenters. The molecule has 0 aliphatic carbocycles. The maximum absolute atomic E-state index is 12.1. The van der Waals surface area contributed by atoms with Crippen LogP contribution in [0.1, 0.15) is 19.8 Å². The van der Waals surface area contributed by atoms with Crippen molar-refractivity contribution in [1.82, 2.24) is 5.32 Å². The molecule has 2 rings (SSSR count). The van der Waals surface area contributed by atoms with Gasteiger partial charge in [-0.15, -0.1) is 0 Å². The van der Waals surface area contributed by atoms with Gasteiger partial charge in [0.05, 0.1) is 7.11 Å². The zero-order chi connectivity index (χ0) is 14.6. The first kappa shape index (κ1) is 14.7. The Kier molecular flexibility index (Phi) is 4.49. The normalized spacial score (nSPS) is 26.0. The van der Waals surface area contributed by atoms with Crippen LogP contribution >= 0.6 is 0 Å². The van der Waals surface area contributed by atoms with Gasteiger partial charge in [-0.05, 0) is 31.5 Å². The molecular formula is C15H23N3O2. The van der Waals surface area contributed by atoms with Gasteiger partial charge in [-0.1, -0.05) is 13.0 Å². The van der Waals surface area contributed by atoms with Crippen molar-refractivity contribution in [3.8, 4) is 5.75 Å². The van der Waals surface area contributed by atoms with Crippen molar-refractivity contribution in [3.05, 3.63) is 24.3 Å². The summed E-state index contributed by atoms with van der Waals surface area (Å²) >= 11 is 0. The minimum absolute atomic E-state index is 0.181. The number of carbonyl (C=O) groups is 1. The number of piperidine rings is 1. The van der Waals surface area contributed by atoms with E-state index < -0.39 is 5.54 Å². The Bertz CT molecular complexity index is 478. The predicted octanol–water partition coefficient (Wildman–Crippen LogP) is 1.35. The summed E-state index contributed by atoms with van der Waals surface area (Å²) in [6.07, 6.45) is 1.59. The fourth-order valence-electron chi connectivity index (χ4n) is 2.94. The molecule has 1 aliphatic rings. The number of hydrogen-bond acceptors (Lipinski definition) is 4. The van der Waals surface area contributed by atoms with Crippen molar-refractivity contribution in [2.75, 3.05) is 25.5 Å². The van der Waals surface area contributed by atoms with E-state index in [0.717, 1.165) is 30.9 Å². The van der Waals surface area contributed by atoms with Crippen molar-refractivity contribution in [2.45, 2.75) is 25.3 Å². The number of hydrogen-bond donors (Lipinski definition) is 3. The molecule has 1 aliphatic heterocycles. The molecule has 0 bridgehead atoms. The van der Waals surface area contributed by atoms with E-state index in [1.807, 2.05) is 24.3 Å². The Morgan fingerprint density at radius 2 is 2.40 bits per heavy atom. The smallest absolute Gasteiger partial charge is 0.243 e. The summed E-state index contributed by atoms with van der Waals surface area (Å²) < 4.78 is 5.22. The third-order valence-electron chi connectivity index (χ3n) is 4.15. The SMILES string of the molecule is CCC1CNCCC1(Nc1cccc(OC)c1)C(N)=O. The summed E-state index contributed by atoms with van der Waals surface area (Å²) in [4.78, 5) is 12.1. The van der Waals surface area contributed by atoms with Crippen LogP contribution in [0.4, 0.5) is 5.69 Å². The third-order valence-corrected chi connectivity index (χ3v) is 4.15. The van der Waals surface area contributed by atoms with E-state index >= 15 is 0 Å². The number of anilines is 1. The molecule has 0 saturated carbocycles. The lowest BCUT2D eigenvalue weighted by molar-refractivity contribution is -0.125. The molecule has 0 aromatic heterocycles. The summed E-state index contributed by atoms with van der Waals surface area (Å²) in [6.45, 7) is 3.68. The summed E-state index contributed by atoms with van der Waals surface area (Å²) in [5.41, 5.74) is 5.90. The number of methoxy groups -OCH3 is 1. The van der Waals surface area contributed by atoms with E-state index in [9.17, 15) is 4.79 Å². The van der Waals surface area contributed by atoms with Gasteiger partial charge in [-0.3, -0.25) is 4.79 Å². The van der Waals surface area contributed by atoms with E-state index in [2.05, 4.69) is 17.6 Å². The molecule has 0 spiro atoms. The summed E-state index contributed by atoms with van der Waals surface area (Å²) in [7, 11) is 1.63. The van der Waals surface area contributed by atoms with Gasteiger partial charge in [0.25, 0.3) is 0 Å². The van der Waals surface area contributed by atoms with Gasteiger partial charge in [-0.25, -0.2) is 0 Å². The van der Waals surface area contributed by atoms with Crippen LogP contribution in [0.15, 0.2) is 24.3 Å². The number of amides is 1. The summed E-state index contributed by atoms with van der Waals surface area (Å²) in [5.74, 6) is 0.658. The molecule has 4 N–H and O–H groups in total. The van der Waals surface area contributed by atoms with E-state index in [4.69, 9.17) is 10.5 Å². The van der Waals surface area contributed by atoms with Crippen molar-refractivity contribution in [3.63, 3.8) is 0 Å². The molecule has 1 fully saturated rings. The second-order valence-electron chi connectivity index (χ2n) is 5.25. The van der Waals surface area contributed by atoms with E-state index in [1.165, 1.54) is 0 Å². The van der Waals surface area contributed by atoms with Crippen molar-refractivity contribution in [1.29, 1.82) is 0 Å². The second-order valence-corrected chi connectivity index (χ2v) is 5.25. The predicted molar refractivity (Wildman–Crippen MR) is 79.8 cm³/mol. The van der Waals surface area contributed by atoms with Crippen LogP contribution < -0.4 is 21.1 Å². The largest absolute Gasteiger partial charge is 0.497 e. The van der Waals surface area contributed by atoms with Gasteiger partial charge < -0.3 is 21.1 Å². The summed E-state index contributed by atoms with van der Waals surface area (Å²) in [6, 6.07) is 7.60. The molecule has 1 amide bonds. The van der Waals surface area contributed by atoms with Gasteiger partial charge in [0.2, 0.25) is 5.91 Å². The van der Waals surface area contributed by atoms with Gasteiger partial charge in [0.15, 0.2) is 0 Å². The molecule has 1 aromatic rings. The average molecular weight is 277 g/mol. The lowest BCUT2D eigenvalue weighted by atomic mass is 9.76. The molecule has 20 heavy (non-hydrogen) atoms. The maximum Gasteiger partial charge on any atom is 0.243 e. The van der Waals surface area contributed by atoms with Crippen LogP contribution in [0.2, 0.25) is 0 Å². The van der Waals surface area contributed by atoms with Gasteiger partial charge in [0.1, 0.15) is 11.3 Å². The average Bonchev–Trinajstić information content (AvgIpc) is 2.47. The van der Waals surface area contributed by atoms with Crippen LogP contribution in [-0.4, -0.2) is 31.6 Å². The monoisotopic (exact) mass is 277 g/mol. The second kappa shape index (κ2) is 6.13. The molecule has 2 unspecified atom stereocenters. The number of nitrogens with two attached hydrogens (primary N) is 1. The maximum atomic E-state index is 12.1. The molecule has 1 aromatic carbocycles. The molecule has 110 valence electrons. The van der Waals surface area contributed by atoms with E-state index in [-0.39, 0.29) is 11.8 Å². The highest BCUT2D eigenvalue weighted by Gasteiger charge is 2.45. The van der Waals surface area contributed by atoms with Crippen LogP contribution in [0.5, 0.6) is 5.75 Å². The topological polar surface area (TPSA) is 76.4 Å². The highest BCUT2D eigenvalue weighted by molar-refractivity contribution is 5.88. The lowest BCUT2D eigenvalue weighted by Crippen LogP contribution is -2.62. The van der Waals surface area contributed by atoms with E-state index in [0.29, 0.717) is 6.42 Å². The fraction of sp³-hybridized carbons (Fsp3) is 0.533. The highest BCUT2D eigenvalue weighted by atomic mass is 16.5. The first-order chi connectivity index (χ1) is 9.62. The first-order valence-corrected chi connectivity index (χ1v) is 7.05. The van der Waals surface area contributed by atoms with Crippen LogP contribution in [0.25, 0.3) is 0 Å². The molecule has 1 saturated heterocycles. The zero-order valence-electron chi connectivity index (χ0n) is 12.1. The Labute approximate surface area is 119 Å². The Balaban J connectivity index is 2.30. The Hall–Kier alpha value is -1.75. The van der Waals surface area contributed by atoms with Crippen molar-refractivity contribution < 1.29 is 9.53 Å². The molecular weight excluding hydrogens is 254 g/mol. The fourth-order valence-corrected chi connectivity index (χ4v) is 2.94. The standard InChI is InChI=1S/C15H23N3O2/c1-3-11-10-17-8-7-15(11,14(16)19)18-12-5-4-6-13(9-12)20-2/h4-6,9,11,17-18H,3,7-8,10H2,1-2H3,(H2,16,19). The minimum atomic E-state index is -0.688. The Morgan fingerprint density at radius 1 is 1.60 bits per heavy atom. The number of benzene rings is 1. The third kappa shape index (κ3) is 2.72. The van der Waals surface area contributed by atoms with Crippen molar-refractivity contribution in [2.24, 2.45) is 11.7 Å². The highest BCUT2D eigenvalue weighted by Crippen LogP contribution is 2.32. The van der Waals surface area contributed by atoms with E-state index in [1.54, 1.807) is 7.11 Å². The molecule has 5 heteroatoms. The molecule has 0 radical (unpaired) electrons. The zero-order valence-corrected chi connectivity index (χ0v) is 12.1. The minimum Gasteiger partial charge on any atom is -0.497 e. The van der Waals surface area contributed by atoms with Crippen LogP contribution in [0.3, 0.4) is 0 Å². The number of ether oxygens (including phenoxy) is 1. The van der Waals surface area contributed by atoms with Gasteiger partial charge >= 0.3 is 0 Å². The number of carbonyl (C=O) groups excluding carboxylic acids is 1. The first-order valence-electron chi connectivity index (χ1n) is 7.05. The van der Waals surface area contributed by atoms with Gasteiger partial charge in [0, 0.05) is 24.2 Å². The van der Waals surface area contributed by atoms with Gasteiger partial charge in [-0.2, -0.15) is 0 Å². The Morgan fingerprint density at radius 3 is 3.05 bits per heavy atom. The molecule has 5 nitrogen and oxygen atoms in total. The number of nitrogens with one attached hydrogen (secondary N) is 2. The number of primary amides is 1. The van der Waals surface area contributed by atoms with Crippen LogP contribution in [0, 0.1) is 5.92 Å². The summed E-state index contributed by atoms with van der Waals surface area (Å²) in [5, 5.41) is 6.71.